The van der Waals surface area contributed by atoms with E-state index in [9.17, 15) is 18.0 Å². The van der Waals surface area contributed by atoms with E-state index in [1.165, 1.54) is 14.2 Å². The van der Waals surface area contributed by atoms with Gasteiger partial charge in [0.1, 0.15) is 0 Å². The molecule has 0 radical (unpaired) electrons. The molecular formula is C10H21N3O5S. The number of ether oxygens (including phenoxy) is 1. The molecule has 0 unspecified atom stereocenters. The third-order valence-corrected chi connectivity index (χ3v) is 3.77. The van der Waals surface area contributed by atoms with Crippen LogP contribution in [0.4, 0.5) is 0 Å². The van der Waals surface area contributed by atoms with Crippen molar-refractivity contribution in [1.29, 1.82) is 0 Å². The molecule has 0 spiro atoms. The van der Waals surface area contributed by atoms with Gasteiger partial charge in [0.2, 0.25) is 5.91 Å². The van der Waals surface area contributed by atoms with Crippen LogP contribution in [0.25, 0.3) is 0 Å². The van der Waals surface area contributed by atoms with Gasteiger partial charge in [-0.2, -0.15) is 17.4 Å². The Morgan fingerprint density at radius 2 is 1.95 bits per heavy atom. The van der Waals surface area contributed by atoms with Crippen molar-refractivity contribution in [2.24, 2.45) is 0 Å². The minimum atomic E-state index is -3.77. The van der Waals surface area contributed by atoms with Crippen LogP contribution in [-0.2, 0) is 24.5 Å². The van der Waals surface area contributed by atoms with Crippen molar-refractivity contribution in [3.05, 3.63) is 0 Å². The van der Waals surface area contributed by atoms with Gasteiger partial charge in [0.05, 0.1) is 20.1 Å². The minimum Gasteiger partial charge on any atom is -0.469 e. The van der Waals surface area contributed by atoms with Crippen molar-refractivity contribution < 1.29 is 22.7 Å². The summed E-state index contributed by atoms with van der Waals surface area (Å²) in [5.41, 5.74) is 0. The van der Waals surface area contributed by atoms with Gasteiger partial charge in [-0.3, -0.25) is 9.59 Å². The second-order valence-corrected chi connectivity index (χ2v) is 5.69. The lowest BCUT2D eigenvalue weighted by atomic mass is 10.4. The molecule has 2 N–H and O–H groups in total. The highest BCUT2D eigenvalue weighted by atomic mass is 32.2. The molecular weight excluding hydrogens is 274 g/mol. The third-order valence-electron chi connectivity index (χ3n) is 2.26. The summed E-state index contributed by atoms with van der Waals surface area (Å²) < 4.78 is 30.9. The van der Waals surface area contributed by atoms with Crippen LogP contribution in [0.1, 0.15) is 19.8 Å². The molecule has 0 aromatic rings. The molecule has 0 bridgehead atoms. The summed E-state index contributed by atoms with van der Waals surface area (Å²) in [6.07, 6.45) is 0.730. The van der Waals surface area contributed by atoms with E-state index in [0.717, 1.165) is 10.7 Å². The fraction of sp³-hybridized carbons (Fsp3) is 0.800. The number of nitrogens with zero attached hydrogens (tertiary/aromatic N) is 1. The van der Waals surface area contributed by atoms with Gasteiger partial charge in [-0.05, 0) is 6.42 Å². The Balaban J connectivity index is 4.15. The average Bonchev–Trinajstić information content (AvgIpc) is 2.39. The lowest BCUT2D eigenvalue weighted by Gasteiger charge is -2.16. The molecule has 0 aliphatic heterocycles. The Bertz CT molecular complexity index is 396. The van der Waals surface area contributed by atoms with E-state index in [2.05, 4.69) is 14.8 Å². The second kappa shape index (κ2) is 8.83. The summed E-state index contributed by atoms with van der Waals surface area (Å²) in [4.78, 5) is 22.2. The predicted octanol–water partition coefficient (Wildman–Crippen LogP) is -1.16. The Morgan fingerprint density at radius 3 is 2.47 bits per heavy atom. The predicted molar refractivity (Wildman–Crippen MR) is 69.5 cm³/mol. The van der Waals surface area contributed by atoms with Gasteiger partial charge >= 0.3 is 5.97 Å². The standard InChI is InChI=1S/C10H21N3O5S/c1-4-6-11-9(14)8-12-19(16,17)13(2)7-5-10(15)18-3/h12H,4-8H2,1-3H3,(H,11,14). The highest BCUT2D eigenvalue weighted by molar-refractivity contribution is 7.87. The third kappa shape index (κ3) is 7.75. The smallest absolute Gasteiger partial charge is 0.306 e. The van der Waals surface area contributed by atoms with Crippen molar-refractivity contribution in [3.8, 4) is 0 Å². The molecule has 0 fully saturated rings. The second-order valence-electron chi connectivity index (χ2n) is 3.82. The van der Waals surface area contributed by atoms with Crippen LogP contribution in [0.2, 0.25) is 0 Å². The van der Waals surface area contributed by atoms with E-state index in [-0.39, 0.29) is 19.5 Å². The first kappa shape index (κ1) is 17.8. The zero-order chi connectivity index (χ0) is 14.9. The first-order valence-electron chi connectivity index (χ1n) is 5.88. The molecule has 1 amide bonds. The maximum atomic E-state index is 11.7. The average molecular weight is 295 g/mol. The van der Waals surface area contributed by atoms with Gasteiger partial charge in [0.25, 0.3) is 10.2 Å². The molecule has 0 aliphatic carbocycles. The summed E-state index contributed by atoms with van der Waals surface area (Å²) in [5.74, 6) is -0.894. The van der Waals surface area contributed by atoms with E-state index in [4.69, 9.17) is 0 Å². The molecule has 8 nitrogen and oxygen atoms in total. The Kier molecular flexibility index (Phi) is 8.28. The maximum Gasteiger partial charge on any atom is 0.306 e. The number of carbonyl (C=O) groups is 2. The van der Waals surface area contributed by atoms with Crippen molar-refractivity contribution in [2.45, 2.75) is 19.8 Å². The fourth-order valence-electron chi connectivity index (χ4n) is 1.06. The molecule has 0 saturated heterocycles. The van der Waals surface area contributed by atoms with E-state index in [0.29, 0.717) is 6.54 Å². The highest BCUT2D eigenvalue weighted by Gasteiger charge is 2.19. The highest BCUT2D eigenvalue weighted by Crippen LogP contribution is 1.96. The zero-order valence-electron chi connectivity index (χ0n) is 11.4. The monoisotopic (exact) mass is 295 g/mol. The topological polar surface area (TPSA) is 105 Å². The van der Waals surface area contributed by atoms with Gasteiger partial charge in [0.15, 0.2) is 0 Å². The lowest BCUT2D eigenvalue weighted by Crippen LogP contribution is -2.44. The molecule has 0 saturated carbocycles. The molecule has 19 heavy (non-hydrogen) atoms. The van der Waals surface area contributed by atoms with Crippen LogP contribution in [0, 0.1) is 0 Å². The number of nitrogens with one attached hydrogen (secondary N) is 2. The Hall–Kier alpha value is -1.19. The molecule has 0 atom stereocenters. The summed E-state index contributed by atoms with van der Waals surface area (Å²) in [6.45, 7) is 2.05. The van der Waals surface area contributed by atoms with Crippen LogP contribution in [0.5, 0.6) is 0 Å². The first-order chi connectivity index (χ1) is 8.83. The zero-order valence-corrected chi connectivity index (χ0v) is 12.2. The number of esters is 1. The van der Waals surface area contributed by atoms with Gasteiger partial charge in [-0.1, -0.05) is 6.92 Å². The molecule has 0 aromatic carbocycles. The molecule has 9 heteroatoms. The van der Waals surface area contributed by atoms with E-state index >= 15 is 0 Å². The van der Waals surface area contributed by atoms with Crippen LogP contribution in [0.15, 0.2) is 0 Å². The SMILES string of the molecule is CCCNC(=O)CNS(=O)(=O)N(C)CCC(=O)OC. The first-order valence-corrected chi connectivity index (χ1v) is 7.32. The Labute approximate surface area is 113 Å². The minimum absolute atomic E-state index is 0.0153. The molecule has 0 heterocycles. The van der Waals surface area contributed by atoms with E-state index in [1.54, 1.807) is 0 Å². The van der Waals surface area contributed by atoms with Gasteiger partial charge in [-0.15, -0.1) is 0 Å². The molecule has 0 aromatic heterocycles. The van der Waals surface area contributed by atoms with Crippen molar-refractivity contribution in [3.63, 3.8) is 0 Å². The van der Waals surface area contributed by atoms with Crippen molar-refractivity contribution in [2.75, 3.05) is 33.8 Å². The van der Waals surface area contributed by atoms with Crippen LogP contribution in [0.3, 0.4) is 0 Å². The number of rotatable bonds is 9. The summed E-state index contributed by atoms with van der Waals surface area (Å²) >= 11 is 0. The summed E-state index contributed by atoms with van der Waals surface area (Å²) in [6, 6.07) is 0. The molecule has 112 valence electrons. The van der Waals surface area contributed by atoms with E-state index < -0.39 is 22.1 Å². The van der Waals surface area contributed by atoms with Crippen molar-refractivity contribution in [1.82, 2.24) is 14.3 Å². The van der Waals surface area contributed by atoms with Crippen molar-refractivity contribution >= 4 is 22.1 Å². The number of methoxy groups -OCH3 is 1. The summed E-state index contributed by atoms with van der Waals surface area (Å²) in [7, 11) is -1.23. The van der Waals surface area contributed by atoms with Crippen LogP contribution < -0.4 is 10.0 Å². The number of hydrogen-bond donors (Lipinski definition) is 2. The number of amides is 1. The maximum absolute atomic E-state index is 11.7. The van der Waals surface area contributed by atoms with Crippen LogP contribution in [-0.4, -0.2) is 58.4 Å². The largest absolute Gasteiger partial charge is 0.469 e. The van der Waals surface area contributed by atoms with Gasteiger partial charge < -0.3 is 10.1 Å². The number of carbonyl (C=O) groups excluding carboxylic acids is 2. The van der Waals surface area contributed by atoms with Crippen LogP contribution >= 0.6 is 0 Å². The Morgan fingerprint density at radius 1 is 1.32 bits per heavy atom. The molecule has 0 rings (SSSR count). The lowest BCUT2D eigenvalue weighted by molar-refractivity contribution is -0.140. The quantitative estimate of drug-likeness (QED) is 0.522. The van der Waals surface area contributed by atoms with E-state index in [1.807, 2.05) is 6.92 Å². The van der Waals surface area contributed by atoms with Gasteiger partial charge in [-0.25, -0.2) is 0 Å². The molecule has 0 aliphatic rings. The summed E-state index contributed by atoms with van der Waals surface area (Å²) in [5, 5.41) is 2.54. The normalized spacial score (nSPS) is 11.4. The fourth-order valence-corrected chi connectivity index (χ4v) is 1.93. The van der Waals surface area contributed by atoms with Gasteiger partial charge in [0, 0.05) is 20.1 Å². The number of hydrogen-bond acceptors (Lipinski definition) is 5.